The molecular formula is C15H19F3N2O3. The number of aliphatic hydroxyl groups excluding tert-OH is 1. The van der Waals surface area contributed by atoms with E-state index in [-0.39, 0.29) is 24.7 Å². The minimum Gasteiger partial charge on any atom is -0.406 e. The number of β-amino-alcohol motifs (C(OH)–C–C–N with tert-alkyl or cyclic N) is 1. The zero-order chi connectivity index (χ0) is 16.9. The highest BCUT2D eigenvalue weighted by Crippen LogP contribution is 2.22. The number of alkyl halides is 3. The van der Waals surface area contributed by atoms with Crippen LogP contribution in [0.1, 0.15) is 18.4 Å². The van der Waals surface area contributed by atoms with Crippen molar-refractivity contribution in [1.82, 2.24) is 10.2 Å². The zero-order valence-electron chi connectivity index (χ0n) is 12.5. The molecule has 1 saturated heterocycles. The molecule has 1 heterocycles. The largest absolute Gasteiger partial charge is 0.573 e. The van der Waals surface area contributed by atoms with Crippen molar-refractivity contribution in [3.8, 4) is 5.75 Å². The summed E-state index contributed by atoms with van der Waals surface area (Å²) in [6.45, 7) is 1.68. The number of carbonyl (C=O) groups excluding carboxylic acids is 1. The maximum Gasteiger partial charge on any atom is 0.573 e. The lowest BCUT2D eigenvalue weighted by molar-refractivity contribution is -0.274. The highest BCUT2D eigenvalue weighted by atomic mass is 19.4. The number of likely N-dealkylation sites (tertiary alicyclic amines) is 1. The van der Waals surface area contributed by atoms with Crippen LogP contribution in [-0.4, -0.2) is 48.0 Å². The molecule has 0 saturated carbocycles. The molecule has 1 amide bonds. The molecule has 0 spiro atoms. The van der Waals surface area contributed by atoms with Crippen LogP contribution < -0.4 is 10.1 Å². The van der Waals surface area contributed by atoms with Crippen LogP contribution in [0.15, 0.2) is 24.3 Å². The van der Waals surface area contributed by atoms with E-state index in [0.717, 1.165) is 19.4 Å². The standard InChI is InChI=1S/C15H19F3N2O3/c16-15(17,18)23-13-5-3-11(4-6-13)8-19-14(22)10-20-7-1-2-12(21)9-20/h3-6,12,21H,1-2,7-10H2,(H,19,22). The van der Waals surface area contributed by atoms with Gasteiger partial charge in [0.1, 0.15) is 5.75 Å². The molecule has 1 aromatic carbocycles. The number of hydrogen-bond acceptors (Lipinski definition) is 4. The number of halogens is 3. The summed E-state index contributed by atoms with van der Waals surface area (Å²) in [5.41, 5.74) is 0.673. The van der Waals surface area contributed by atoms with Crippen LogP contribution in [0.2, 0.25) is 0 Å². The molecule has 0 radical (unpaired) electrons. The van der Waals surface area contributed by atoms with Gasteiger partial charge in [0.15, 0.2) is 0 Å². The molecule has 1 fully saturated rings. The summed E-state index contributed by atoms with van der Waals surface area (Å²) in [7, 11) is 0. The second-order valence-corrected chi connectivity index (χ2v) is 5.50. The minimum absolute atomic E-state index is 0.185. The third-order valence-corrected chi connectivity index (χ3v) is 3.49. The van der Waals surface area contributed by atoms with Gasteiger partial charge in [0, 0.05) is 13.1 Å². The fourth-order valence-corrected chi connectivity index (χ4v) is 2.44. The number of benzene rings is 1. The van der Waals surface area contributed by atoms with Crippen molar-refractivity contribution in [2.75, 3.05) is 19.6 Å². The van der Waals surface area contributed by atoms with E-state index in [9.17, 15) is 23.1 Å². The van der Waals surface area contributed by atoms with E-state index in [1.807, 2.05) is 4.90 Å². The maximum atomic E-state index is 12.0. The van der Waals surface area contributed by atoms with Crippen molar-refractivity contribution >= 4 is 5.91 Å². The van der Waals surface area contributed by atoms with Crippen LogP contribution in [-0.2, 0) is 11.3 Å². The molecule has 1 aromatic rings. The molecule has 2 rings (SSSR count). The van der Waals surface area contributed by atoms with E-state index in [1.165, 1.54) is 24.3 Å². The number of piperidine rings is 1. The third kappa shape index (κ3) is 6.45. The second-order valence-electron chi connectivity index (χ2n) is 5.50. The molecule has 5 nitrogen and oxygen atoms in total. The van der Waals surface area contributed by atoms with Crippen molar-refractivity contribution < 1.29 is 27.8 Å². The summed E-state index contributed by atoms with van der Waals surface area (Å²) < 4.78 is 39.9. The maximum absolute atomic E-state index is 12.0. The van der Waals surface area contributed by atoms with E-state index in [2.05, 4.69) is 10.1 Å². The zero-order valence-corrected chi connectivity index (χ0v) is 12.5. The molecule has 1 unspecified atom stereocenters. The average molecular weight is 332 g/mol. The van der Waals surface area contributed by atoms with E-state index in [4.69, 9.17) is 0 Å². The molecule has 1 atom stereocenters. The van der Waals surface area contributed by atoms with Gasteiger partial charge in [0.2, 0.25) is 5.91 Å². The average Bonchev–Trinajstić information content (AvgIpc) is 2.45. The van der Waals surface area contributed by atoms with Gasteiger partial charge in [-0.15, -0.1) is 13.2 Å². The van der Waals surface area contributed by atoms with E-state index in [0.29, 0.717) is 12.1 Å². The molecule has 8 heteroatoms. The van der Waals surface area contributed by atoms with Gasteiger partial charge in [-0.1, -0.05) is 12.1 Å². The molecule has 0 aliphatic carbocycles. The topological polar surface area (TPSA) is 61.8 Å². The number of hydrogen-bond donors (Lipinski definition) is 2. The Hall–Kier alpha value is -1.80. The molecule has 0 aromatic heterocycles. The van der Waals surface area contributed by atoms with Gasteiger partial charge in [-0.25, -0.2) is 0 Å². The predicted molar refractivity (Wildman–Crippen MR) is 76.7 cm³/mol. The number of aliphatic hydroxyl groups is 1. The number of ether oxygens (including phenoxy) is 1. The number of carbonyl (C=O) groups is 1. The van der Waals surface area contributed by atoms with Gasteiger partial charge in [-0.05, 0) is 37.1 Å². The first-order chi connectivity index (χ1) is 10.8. The number of rotatable bonds is 5. The fourth-order valence-electron chi connectivity index (χ4n) is 2.44. The highest BCUT2D eigenvalue weighted by Gasteiger charge is 2.30. The summed E-state index contributed by atoms with van der Waals surface area (Å²) in [5, 5.41) is 12.2. The van der Waals surface area contributed by atoms with E-state index < -0.39 is 12.5 Å². The molecule has 1 aliphatic heterocycles. The van der Waals surface area contributed by atoms with Crippen molar-refractivity contribution in [1.29, 1.82) is 0 Å². The summed E-state index contributed by atoms with van der Waals surface area (Å²) in [5.74, 6) is -0.482. The Morgan fingerprint density at radius 3 is 2.65 bits per heavy atom. The number of nitrogens with one attached hydrogen (secondary N) is 1. The number of amides is 1. The molecule has 23 heavy (non-hydrogen) atoms. The first kappa shape index (κ1) is 17.6. The molecule has 2 N–H and O–H groups in total. The van der Waals surface area contributed by atoms with Gasteiger partial charge in [0.05, 0.1) is 12.6 Å². The lowest BCUT2D eigenvalue weighted by Crippen LogP contribution is -2.44. The smallest absolute Gasteiger partial charge is 0.406 e. The normalized spacial score (nSPS) is 19.4. The van der Waals surface area contributed by atoms with Crippen LogP contribution in [0.25, 0.3) is 0 Å². The molecule has 0 bridgehead atoms. The van der Waals surface area contributed by atoms with Gasteiger partial charge in [-0.3, -0.25) is 9.69 Å². The van der Waals surface area contributed by atoms with E-state index in [1.54, 1.807) is 0 Å². The Morgan fingerprint density at radius 2 is 2.04 bits per heavy atom. The van der Waals surface area contributed by atoms with E-state index >= 15 is 0 Å². The fraction of sp³-hybridized carbons (Fsp3) is 0.533. The quantitative estimate of drug-likeness (QED) is 0.861. The Bertz CT molecular complexity index is 520. The Kier molecular flexibility index (Phi) is 5.84. The van der Waals surface area contributed by atoms with Crippen molar-refractivity contribution in [3.05, 3.63) is 29.8 Å². The summed E-state index contributed by atoms with van der Waals surface area (Å²) in [6, 6.07) is 5.34. The number of nitrogens with zero attached hydrogens (tertiary/aromatic N) is 1. The summed E-state index contributed by atoms with van der Waals surface area (Å²) in [6.07, 6.45) is -3.49. The van der Waals surface area contributed by atoms with Crippen molar-refractivity contribution in [2.24, 2.45) is 0 Å². The lowest BCUT2D eigenvalue weighted by atomic mass is 10.1. The predicted octanol–water partition coefficient (Wildman–Crippen LogP) is 1.66. The van der Waals surface area contributed by atoms with Crippen LogP contribution in [0, 0.1) is 0 Å². The Balaban J connectivity index is 1.75. The van der Waals surface area contributed by atoms with Gasteiger partial charge in [-0.2, -0.15) is 0 Å². The Labute approximate surface area is 132 Å². The van der Waals surface area contributed by atoms with Crippen molar-refractivity contribution in [2.45, 2.75) is 31.9 Å². The molecule has 1 aliphatic rings. The Morgan fingerprint density at radius 1 is 1.35 bits per heavy atom. The van der Waals surface area contributed by atoms with Crippen LogP contribution >= 0.6 is 0 Å². The first-order valence-corrected chi connectivity index (χ1v) is 7.33. The van der Waals surface area contributed by atoms with Crippen LogP contribution in [0.5, 0.6) is 5.75 Å². The van der Waals surface area contributed by atoms with Crippen LogP contribution in [0.3, 0.4) is 0 Å². The highest BCUT2D eigenvalue weighted by molar-refractivity contribution is 5.78. The lowest BCUT2D eigenvalue weighted by Gasteiger charge is -2.29. The summed E-state index contributed by atoms with van der Waals surface area (Å²) in [4.78, 5) is 13.7. The van der Waals surface area contributed by atoms with Crippen molar-refractivity contribution in [3.63, 3.8) is 0 Å². The summed E-state index contributed by atoms with van der Waals surface area (Å²) >= 11 is 0. The van der Waals surface area contributed by atoms with Gasteiger partial charge < -0.3 is 15.2 Å². The van der Waals surface area contributed by atoms with Gasteiger partial charge in [0.25, 0.3) is 0 Å². The second kappa shape index (κ2) is 7.65. The molecular weight excluding hydrogens is 313 g/mol. The third-order valence-electron chi connectivity index (χ3n) is 3.49. The monoisotopic (exact) mass is 332 g/mol. The first-order valence-electron chi connectivity index (χ1n) is 7.33. The minimum atomic E-state index is -4.71. The van der Waals surface area contributed by atoms with Gasteiger partial charge >= 0.3 is 6.36 Å². The molecule has 128 valence electrons. The SMILES string of the molecule is O=C(CN1CCCC(O)C1)NCc1ccc(OC(F)(F)F)cc1. The van der Waals surface area contributed by atoms with Crippen LogP contribution in [0.4, 0.5) is 13.2 Å².